The molecule has 18 nitrogen and oxygen atoms in total. The Balaban J connectivity index is 1.01. The standard InChI is InChI=1S/C31H56N4O14S/c1-43-30-28(41)26(39)27(40)29(49-30)21(36)18-48-11-8-33-24(38)6-9-44-12-14-46-16-17-47-15-13-45-10-7-32-23(37)5-3-2-4-22-25-20(19-50-22)34-31(42)35-25/h20-22,25-30,36,39-41H,2-19H2,1H3,(H,32,37)(H,33,38)(H2,34,35,42)/t20?,21-,22?,25?,26?,27+,28?,29?,30-/m1/s1. The van der Waals surface area contributed by atoms with Crippen molar-refractivity contribution in [2.45, 2.75) is 86.2 Å². The maximum Gasteiger partial charge on any atom is 0.315 e. The van der Waals surface area contributed by atoms with Crippen molar-refractivity contribution in [1.29, 1.82) is 0 Å². The first-order valence-corrected chi connectivity index (χ1v) is 18.3. The van der Waals surface area contributed by atoms with Crippen LogP contribution in [0.3, 0.4) is 0 Å². The third-order valence-corrected chi connectivity index (χ3v) is 9.82. The maximum atomic E-state index is 12.0. The molecule has 50 heavy (non-hydrogen) atoms. The smallest absolute Gasteiger partial charge is 0.315 e. The Labute approximate surface area is 296 Å². The van der Waals surface area contributed by atoms with E-state index >= 15 is 0 Å². The predicted molar refractivity (Wildman–Crippen MR) is 178 cm³/mol. The predicted octanol–water partition coefficient (Wildman–Crippen LogP) is -2.77. The molecule has 3 heterocycles. The normalized spacial score (nSPS) is 28.1. The largest absolute Gasteiger partial charge is 0.388 e. The van der Waals surface area contributed by atoms with Gasteiger partial charge in [0.15, 0.2) is 6.29 Å². The number of hydrogen-bond acceptors (Lipinski definition) is 15. The fraction of sp³-hybridized carbons (Fsp3) is 0.903. The molecule has 0 spiro atoms. The quantitative estimate of drug-likeness (QED) is 0.0314. The summed E-state index contributed by atoms with van der Waals surface area (Å²) in [5, 5.41) is 51.8. The van der Waals surface area contributed by atoms with Crippen LogP contribution < -0.4 is 21.3 Å². The monoisotopic (exact) mass is 740 g/mol. The highest BCUT2D eigenvalue weighted by molar-refractivity contribution is 8.00. The fourth-order valence-electron chi connectivity index (χ4n) is 5.59. The van der Waals surface area contributed by atoms with Crippen LogP contribution in [-0.2, 0) is 42.7 Å². The number of hydrogen-bond donors (Lipinski definition) is 8. The molecule has 19 heteroatoms. The van der Waals surface area contributed by atoms with Gasteiger partial charge in [-0.3, -0.25) is 9.59 Å². The van der Waals surface area contributed by atoms with E-state index in [-0.39, 0.29) is 62.7 Å². The van der Waals surface area contributed by atoms with Crippen LogP contribution in [-0.4, -0.2) is 184 Å². The number of carbonyl (C=O) groups excluding carboxylic acids is 3. The Morgan fingerprint density at radius 3 is 2.08 bits per heavy atom. The Bertz CT molecular complexity index is 988. The lowest BCUT2D eigenvalue weighted by molar-refractivity contribution is -0.306. The zero-order chi connectivity index (χ0) is 36.1. The molecular formula is C31H56N4O14S. The highest BCUT2D eigenvalue weighted by Crippen LogP contribution is 2.33. The molecule has 4 amide bonds. The van der Waals surface area contributed by atoms with E-state index in [0.717, 1.165) is 25.0 Å². The Morgan fingerprint density at radius 2 is 1.42 bits per heavy atom. The first kappa shape index (κ1) is 42.5. The summed E-state index contributed by atoms with van der Waals surface area (Å²) in [6.07, 6.45) is -4.86. The highest BCUT2D eigenvalue weighted by atomic mass is 32.2. The van der Waals surface area contributed by atoms with Crippen molar-refractivity contribution in [1.82, 2.24) is 21.3 Å². The third kappa shape index (κ3) is 15.4. The van der Waals surface area contributed by atoms with Crippen molar-refractivity contribution in [2.75, 3.05) is 92.0 Å². The summed E-state index contributed by atoms with van der Waals surface area (Å²) in [5.41, 5.74) is 0. The Morgan fingerprint density at radius 1 is 0.820 bits per heavy atom. The average molecular weight is 741 g/mol. The molecule has 8 N–H and O–H groups in total. The van der Waals surface area contributed by atoms with Gasteiger partial charge in [-0.1, -0.05) is 6.42 Å². The van der Waals surface area contributed by atoms with E-state index in [0.29, 0.717) is 64.5 Å². The first-order valence-electron chi connectivity index (χ1n) is 17.2. The summed E-state index contributed by atoms with van der Waals surface area (Å²) in [6, 6.07) is 0.355. The molecule has 0 saturated carbocycles. The number of amides is 4. The van der Waals surface area contributed by atoms with Crippen LogP contribution in [0, 0.1) is 0 Å². The summed E-state index contributed by atoms with van der Waals surface area (Å²) in [5.74, 6) is 0.722. The van der Waals surface area contributed by atoms with Crippen LogP contribution in [0.4, 0.5) is 4.79 Å². The lowest BCUT2D eigenvalue weighted by atomic mass is 9.95. The number of ether oxygens (including phenoxy) is 7. The second-order valence-electron chi connectivity index (χ2n) is 12.1. The third-order valence-electron chi connectivity index (χ3n) is 8.31. The van der Waals surface area contributed by atoms with Gasteiger partial charge in [-0.2, -0.15) is 11.8 Å². The van der Waals surface area contributed by atoms with Gasteiger partial charge in [-0.05, 0) is 12.8 Å². The fourth-order valence-corrected chi connectivity index (χ4v) is 7.13. The van der Waals surface area contributed by atoms with Crippen LogP contribution in [0.1, 0.15) is 32.1 Å². The van der Waals surface area contributed by atoms with Gasteiger partial charge >= 0.3 is 6.03 Å². The lowest BCUT2D eigenvalue weighted by Gasteiger charge is -2.41. The van der Waals surface area contributed by atoms with Gasteiger partial charge in [0.1, 0.15) is 30.5 Å². The van der Waals surface area contributed by atoms with E-state index in [1.807, 2.05) is 11.8 Å². The molecule has 0 bridgehead atoms. The molecule has 0 radical (unpaired) electrons. The number of methoxy groups -OCH3 is 1. The molecule has 3 fully saturated rings. The number of nitrogens with one attached hydrogen (secondary N) is 4. The summed E-state index contributed by atoms with van der Waals surface area (Å²) >= 11 is 1.88. The van der Waals surface area contributed by atoms with Gasteiger partial charge in [0.25, 0.3) is 0 Å². The van der Waals surface area contributed by atoms with Gasteiger partial charge in [-0.25, -0.2) is 4.79 Å². The topological polar surface area (TPSA) is 245 Å². The van der Waals surface area contributed by atoms with E-state index in [9.17, 15) is 34.8 Å². The number of unbranched alkanes of at least 4 members (excludes halogenated alkanes) is 1. The number of thioether (sulfide) groups is 1. The summed E-state index contributed by atoms with van der Waals surface area (Å²) in [7, 11) is 1.26. The second kappa shape index (κ2) is 24.4. The van der Waals surface area contributed by atoms with Crippen molar-refractivity contribution in [3.8, 4) is 0 Å². The van der Waals surface area contributed by atoms with E-state index in [4.69, 9.17) is 33.2 Å². The van der Waals surface area contributed by atoms with Crippen molar-refractivity contribution < 1.29 is 68.0 Å². The van der Waals surface area contributed by atoms with Gasteiger partial charge in [0, 0.05) is 44.0 Å². The average Bonchev–Trinajstić information content (AvgIpc) is 3.66. The molecule has 9 atom stereocenters. The van der Waals surface area contributed by atoms with Crippen LogP contribution in [0.2, 0.25) is 0 Å². The molecule has 3 aliphatic heterocycles. The van der Waals surface area contributed by atoms with Crippen LogP contribution in [0.15, 0.2) is 0 Å². The minimum absolute atomic E-state index is 0.0138. The van der Waals surface area contributed by atoms with E-state index in [1.54, 1.807) is 0 Å². The number of aliphatic hydroxyl groups is 4. The summed E-state index contributed by atoms with van der Waals surface area (Å²) in [4.78, 5) is 35.4. The zero-order valence-corrected chi connectivity index (χ0v) is 29.5. The molecule has 3 saturated heterocycles. The van der Waals surface area contributed by atoms with Crippen molar-refractivity contribution >= 4 is 29.6 Å². The maximum absolute atomic E-state index is 12.0. The SMILES string of the molecule is CO[C@@H]1OC([C@H](O)COCCNC(=O)CCOCCOCCOCCOCCNC(=O)CCCCC2SCC3NC(=O)NC32)[C@@H](O)C(O)C1O. The molecule has 0 aromatic carbocycles. The summed E-state index contributed by atoms with van der Waals surface area (Å²) < 4.78 is 37.3. The molecular weight excluding hydrogens is 684 g/mol. The number of carbonyl (C=O) groups is 3. The zero-order valence-electron chi connectivity index (χ0n) is 28.7. The molecule has 6 unspecified atom stereocenters. The van der Waals surface area contributed by atoms with E-state index < -0.39 is 36.8 Å². The molecule has 3 aliphatic rings. The lowest BCUT2D eigenvalue weighted by Crippen LogP contribution is -2.61. The van der Waals surface area contributed by atoms with E-state index in [2.05, 4.69) is 21.3 Å². The molecule has 290 valence electrons. The summed E-state index contributed by atoms with van der Waals surface area (Å²) in [6.45, 7) is 3.42. The van der Waals surface area contributed by atoms with Crippen molar-refractivity contribution in [3.05, 3.63) is 0 Å². The number of rotatable bonds is 27. The minimum atomic E-state index is -1.55. The molecule has 3 rings (SSSR count). The first-order chi connectivity index (χ1) is 24.2. The number of urea groups is 1. The molecule has 0 aliphatic carbocycles. The second-order valence-corrected chi connectivity index (χ2v) is 13.4. The van der Waals surface area contributed by atoms with Gasteiger partial charge in [-0.15, -0.1) is 0 Å². The highest BCUT2D eigenvalue weighted by Gasteiger charge is 2.46. The van der Waals surface area contributed by atoms with Crippen LogP contribution in [0.25, 0.3) is 0 Å². The van der Waals surface area contributed by atoms with Crippen LogP contribution >= 0.6 is 11.8 Å². The van der Waals surface area contributed by atoms with Crippen LogP contribution in [0.5, 0.6) is 0 Å². The number of aliphatic hydroxyl groups excluding tert-OH is 4. The van der Waals surface area contributed by atoms with Gasteiger partial charge < -0.3 is 74.9 Å². The van der Waals surface area contributed by atoms with Crippen molar-refractivity contribution in [3.63, 3.8) is 0 Å². The minimum Gasteiger partial charge on any atom is -0.388 e. The van der Waals surface area contributed by atoms with Gasteiger partial charge in [0.05, 0.1) is 78.2 Å². The van der Waals surface area contributed by atoms with Crippen molar-refractivity contribution in [2.24, 2.45) is 0 Å². The van der Waals surface area contributed by atoms with Gasteiger partial charge in [0.2, 0.25) is 11.8 Å². The Hall–Kier alpha value is -1.88. The Kier molecular flexibility index (Phi) is 20.7. The molecule has 0 aromatic heterocycles. The molecule has 0 aromatic rings. The number of fused-ring (bicyclic) bond motifs is 1. The van der Waals surface area contributed by atoms with E-state index in [1.165, 1.54) is 7.11 Å².